The quantitative estimate of drug-likeness (QED) is 0.211. The summed E-state index contributed by atoms with van der Waals surface area (Å²) in [5.41, 5.74) is 3.81. The van der Waals surface area contributed by atoms with Crippen LogP contribution in [0, 0.1) is 0 Å². The normalized spacial score (nSPS) is 15.2. The van der Waals surface area contributed by atoms with Crippen molar-refractivity contribution < 1.29 is 26.3 Å². The molecule has 1 saturated heterocycles. The molecule has 3 heterocycles. The van der Waals surface area contributed by atoms with Gasteiger partial charge in [-0.05, 0) is 43.7 Å². The molecule has 0 bridgehead atoms. The van der Waals surface area contributed by atoms with Crippen LogP contribution in [0.15, 0.2) is 49.5 Å². The highest BCUT2D eigenvalue weighted by molar-refractivity contribution is 5.98. The maximum Gasteiger partial charge on any atom is 0.416 e. The van der Waals surface area contributed by atoms with Gasteiger partial charge in [0.1, 0.15) is 17.8 Å². The van der Waals surface area contributed by atoms with Crippen LogP contribution in [0.25, 0.3) is 22.3 Å². The molecule has 0 saturated carbocycles. The number of halogens is 6. The van der Waals surface area contributed by atoms with Crippen molar-refractivity contribution in [2.75, 3.05) is 38.5 Å². The summed E-state index contributed by atoms with van der Waals surface area (Å²) in [4.78, 5) is 12.6. The summed E-state index contributed by atoms with van der Waals surface area (Å²) in [6.07, 6.45) is -4.57. The Labute approximate surface area is 221 Å². The minimum absolute atomic E-state index is 0.0782. The van der Waals surface area contributed by atoms with E-state index in [1.165, 1.54) is 11.0 Å². The van der Waals surface area contributed by atoms with Crippen LogP contribution in [0.4, 0.5) is 32.2 Å². The summed E-state index contributed by atoms with van der Waals surface area (Å²) in [5.74, 6) is -0.0782. The molecular formula is C26H29F6N7. The lowest BCUT2D eigenvalue weighted by molar-refractivity contribution is -0.143. The molecule has 4 rings (SSSR count). The van der Waals surface area contributed by atoms with Crippen molar-refractivity contribution in [1.82, 2.24) is 29.5 Å². The summed E-state index contributed by atoms with van der Waals surface area (Å²) in [5, 5.41) is 4.47. The second kappa shape index (κ2) is 11.2. The topological polar surface area (TPSA) is 76.1 Å². The lowest BCUT2D eigenvalue weighted by Gasteiger charge is -2.36. The molecule has 3 aromatic rings. The number of unbranched alkanes of at least 4 members (excludes halogenated alkanes) is 2. The average molecular weight is 554 g/mol. The predicted molar refractivity (Wildman–Crippen MR) is 136 cm³/mol. The maximum absolute atomic E-state index is 13.4. The number of hydrogen-bond acceptors (Lipinski definition) is 6. The monoisotopic (exact) mass is 553 g/mol. The first-order valence-corrected chi connectivity index (χ1v) is 12.4. The number of hydrogen-bond donors (Lipinski definition) is 1. The van der Waals surface area contributed by atoms with Crippen LogP contribution in [0.2, 0.25) is 0 Å². The fourth-order valence-electron chi connectivity index (χ4n) is 4.64. The Balaban J connectivity index is 1.49. The third-order valence-electron chi connectivity index (χ3n) is 6.78. The Morgan fingerprint density at radius 2 is 1.51 bits per heavy atom. The van der Waals surface area contributed by atoms with Crippen molar-refractivity contribution in [2.24, 2.45) is 0 Å². The van der Waals surface area contributed by atoms with Crippen molar-refractivity contribution in [3.63, 3.8) is 0 Å². The zero-order valence-electron chi connectivity index (χ0n) is 21.2. The lowest BCUT2D eigenvalue weighted by atomic mass is 10.0. The van der Waals surface area contributed by atoms with Crippen LogP contribution >= 0.6 is 0 Å². The number of nitrogens with zero attached hydrogens (tertiary/aromatic N) is 6. The van der Waals surface area contributed by atoms with Gasteiger partial charge in [0.15, 0.2) is 5.65 Å². The van der Waals surface area contributed by atoms with Gasteiger partial charge < -0.3 is 10.6 Å². The van der Waals surface area contributed by atoms with Crippen molar-refractivity contribution in [3.8, 4) is 11.3 Å². The summed E-state index contributed by atoms with van der Waals surface area (Å²) in [7, 11) is 0. The molecule has 13 heteroatoms. The van der Waals surface area contributed by atoms with Crippen LogP contribution < -0.4 is 5.73 Å². The van der Waals surface area contributed by atoms with Gasteiger partial charge in [0.2, 0.25) is 0 Å². The fraction of sp³-hybridized carbons (Fsp3) is 0.423. The Bertz CT molecular complexity index is 1300. The molecule has 0 aliphatic carbocycles. The molecule has 2 aromatic heterocycles. The highest BCUT2D eigenvalue weighted by Crippen LogP contribution is 2.40. The maximum atomic E-state index is 13.4. The number of anilines is 1. The zero-order valence-corrected chi connectivity index (χ0v) is 21.2. The van der Waals surface area contributed by atoms with Gasteiger partial charge in [0.25, 0.3) is 0 Å². The summed E-state index contributed by atoms with van der Waals surface area (Å²) in [6.45, 7) is 12.6. The Morgan fingerprint density at radius 1 is 0.897 bits per heavy atom. The minimum Gasteiger partial charge on any atom is -0.383 e. The van der Waals surface area contributed by atoms with Gasteiger partial charge in [-0.2, -0.15) is 31.4 Å². The Kier molecular flexibility index (Phi) is 8.19. The smallest absolute Gasteiger partial charge is 0.383 e. The van der Waals surface area contributed by atoms with Crippen LogP contribution in [0.3, 0.4) is 0 Å². The molecule has 7 nitrogen and oxygen atoms in total. The third-order valence-corrected chi connectivity index (χ3v) is 6.78. The molecule has 0 atom stereocenters. The molecule has 0 spiro atoms. The number of aromatic nitrogens is 4. The predicted octanol–water partition coefficient (Wildman–Crippen LogP) is 5.60. The number of alkyl halides is 6. The first kappa shape index (κ1) is 28.4. The van der Waals surface area contributed by atoms with E-state index in [4.69, 9.17) is 5.73 Å². The number of benzene rings is 1. The average Bonchev–Trinajstić information content (AvgIpc) is 3.27. The summed E-state index contributed by atoms with van der Waals surface area (Å²) in [6, 6.07) is 1.36. The van der Waals surface area contributed by atoms with Gasteiger partial charge in [-0.25, -0.2) is 14.6 Å². The van der Waals surface area contributed by atoms with E-state index >= 15 is 0 Å². The van der Waals surface area contributed by atoms with Gasteiger partial charge >= 0.3 is 12.4 Å². The van der Waals surface area contributed by atoms with Crippen molar-refractivity contribution in [2.45, 2.75) is 38.2 Å². The first-order chi connectivity index (χ1) is 18.4. The SMILES string of the molecule is C=CC(=C)N1CCN(CCCCCn2nc(-c3cc(C(F)(F)F)cc(C(F)(F)F)c3)c3c(N)ncnc32)CC1. The molecule has 1 aromatic carbocycles. The molecular weight excluding hydrogens is 524 g/mol. The molecule has 39 heavy (non-hydrogen) atoms. The van der Waals surface area contributed by atoms with E-state index in [2.05, 4.69) is 38.0 Å². The number of piperazine rings is 1. The van der Waals surface area contributed by atoms with E-state index in [0.717, 1.165) is 51.3 Å². The number of rotatable bonds is 9. The van der Waals surface area contributed by atoms with Crippen LogP contribution in [-0.2, 0) is 18.9 Å². The standard InChI is InChI=1S/C26H29F6N7/c1-3-17(2)38-11-9-37(10-12-38)7-5-4-6-8-39-24-21(23(33)34-16-35-24)22(36-39)18-13-19(25(27,28)29)15-20(14-18)26(30,31)32/h3,13-16H,1-2,4-12H2,(H2,33,34,35). The highest BCUT2D eigenvalue weighted by Gasteiger charge is 2.37. The van der Waals surface area contributed by atoms with Gasteiger partial charge in [0.05, 0.1) is 16.5 Å². The molecule has 1 aliphatic heterocycles. The van der Waals surface area contributed by atoms with Gasteiger partial charge in [-0.15, -0.1) is 0 Å². The van der Waals surface area contributed by atoms with Crippen LogP contribution in [0.5, 0.6) is 0 Å². The second-order valence-electron chi connectivity index (χ2n) is 9.41. The van der Waals surface area contributed by atoms with E-state index < -0.39 is 23.5 Å². The van der Waals surface area contributed by atoms with E-state index in [1.807, 2.05) is 0 Å². The molecule has 2 N–H and O–H groups in total. The van der Waals surface area contributed by atoms with Gasteiger partial charge in [0, 0.05) is 44.0 Å². The molecule has 0 radical (unpaired) electrons. The van der Waals surface area contributed by atoms with Crippen LogP contribution in [0.1, 0.15) is 30.4 Å². The van der Waals surface area contributed by atoms with E-state index in [1.54, 1.807) is 6.08 Å². The van der Waals surface area contributed by atoms with E-state index in [9.17, 15) is 26.3 Å². The number of nitrogens with two attached hydrogens (primary N) is 1. The molecule has 210 valence electrons. The summed E-state index contributed by atoms with van der Waals surface area (Å²) < 4.78 is 82.1. The second-order valence-corrected chi connectivity index (χ2v) is 9.41. The number of aryl methyl sites for hydroxylation is 1. The first-order valence-electron chi connectivity index (χ1n) is 12.4. The number of nitrogen functional groups attached to an aromatic ring is 1. The molecule has 0 unspecified atom stereocenters. The van der Waals surface area contributed by atoms with Gasteiger partial charge in [-0.3, -0.25) is 4.90 Å². The Hall–Kier alpha value is -3.61. The van der Waals surface area contributed by atoms with Crippen molar-refractivity contribution >= 4 is 16.9 Å². The molecule has 1 aliphatic rings. The third kappa shape index (κ3) is 6.52. The molecule has 0 amide bonds. The zero-order chi connectivity index (χ0) is 28.4. The van der Waals surface area contributed by atoms with Gasteiger partial charge in [-0.1, -0.05) is 19.6 Å². The Morgan fingerprint density at radius 3 is 2.10 bits per heavy atom. The molecule has 1 fully saturated rings. The number of allylic oxidation sites excluding steroid dienone is 1. The summed E-state index contributed by atoms with van der Waals surface area (Å²) >= 11 is 0. The highest BCUT2D eigenvalue weighted by atomic mass is 19.4. The van der Waals surface area contributed by atoms with Crippen molar-refractivity contribution in [1.29, 1.82) is 0 Å². The minimum atomic E-state index is -4.98. The number of fused-ring (bicyclic) bond motifs is 1. The van der Waals surface area contributed by atoms with Crippen LogP contribution in [-0.4, -0.2) is 62.3 Å². The van der Waals surface area contributed by atoms with E-state index in [-0.39, 0.29) is 34.2 Å². The fourth-order valence-corrected chi connectivity index (χ4v) is 4.64. The van der Waals surface area contributed by atoms with E-state index in [0.29, 0.717) is 25.1 Å². The lowest BCUT2D eigenvalue weighted by Crippen LogP contribution is -2.45. The largest absolute Gasteiger partial charge is 0.416 e. The van der Waals surface area contributed by atoms with Crippen molar-refractivity contribution in [3.05, 3.63) is 60.6 Å².